The van der Waals surface area contributed by atoms with Crippen LogP contribution in [-0.2, 0) is 6.54 Å². The second-order valence-corrected chi connectivity index (χ2v) is 8.02. The quantitative estimate of drug-likeness (QED) is 0.857. The summed E-state index contributed by atoms with van der Waals surface area (Å²) in [6.07, 6.45) is 12.9. The predicted molar refractivity (Wildman–Crippen MR) is 94.0 cm³/mol. The molecule has 1 saturated heterocycles. The van der Waals surface area contributed by atoms with Gasteiger partial charge in [-0.25, -0.2) is 4.98 Å². The summed E-state index contributed by atoms with van der Waals surface area (Å²) in [6, 6.07) is 2.41. The molecule has 2 aliphatic rings. The highest BCUT2D eigenvalue weighted by Gasteiger charge is 2.28. The van der Waals surface area contributed by atoms with Gasteiger partial charge in [-0.1, -0.05) is 32.1 Å². The molecule has 23 heavy (non-hydrogen) atoms. The molecular formula is C18H25N3OS. The van der Waals surface area contributed by atoms with Crippen LogP contribution in [0.2, 0.25) is 0 Å². The van der Waals surface area contributed by atoms with Crippen LogP contribution < -0.4 is 5.56 Å². The second-order valence-electron chi connectivity index (χ2n) is 7.15. The molecule has 1 unspecified atom stereocenters. The van der Waals surface area contributed by atoms with Crippen LogP contribution in [0.3, 0.4) is 0 Å². The van der Waals surface area contributed by atoms with Crippen LogP contribution in [0.4, 0.5) is 0 Å². The monoisotopic (exact) mass is 331 g/mol. The SMILES string of the molecule is O=c1cc(CN2CCCC2CC2CCCCC2)nc2sccn12. The van der Waals surface area contributed by atoms with Crippen LogP contribution in [0.15, 0.2) is 22.4 Å². The Morgan fingerprint density at radius 2 is 2.04 bits per heavy atom. The topological polar surface area (TPSA) is 37.6 Å². The van der Waals surface area contributed by atoms with E-state index in [2.05, 4.69) is 9.88 Å². The number of fused-ring (bicyclic) bond motifs is 1. The number of hydrogen-bond donors (Lipinski definition) is 0. The van der Waals surface area contributed by atoms with E-state index in [0.717, 1.165) is 29.7 Å². The van der Waals surface area contributed by atoms with E-state index in [9.17, 15) is 4.79 Å². The molecule has 2 fully saturated rings. The Morgan fingerprint density at radius 1 is 1.17 bits per heavy atom. The van der Waals surface area contributed by atoms with E-state index in [1.165, 1.54) is 62.7 Å². The van der Waals surface area contributed by atoms with E-state index in [4.69, 9.17) is 0 Å². The number of hydrogen-bond acceptors (Lipinski definition) is 4. The summed E-state index contributed by atoms with van der Waals surface area (Å²) >= 11 is 1.54. The fraction of sp³-hybridized carbons (Fsp3) is 0.667. The zero-order chi connectivity index (χ0) is 15.6. The normalized spacial score (nSPS) is 23.7. The van der Waals surface area contributed by atoms with Crippen molar-refractivity contribution >= 4 is 16.3 Å². The fourth-order valence-corrected chi connectivity index (χ4v) is 5.09. The first kappa shape index (κ1) is 15.3. The highest BCUT2D eigenvalue weighted by Crippen LogP contribution is 2.32. The lowest BCUT2D eigenvalue weighted by molar-refractivity contribution is 0.190. The van der Waals surface area contributed by atoms with Crippen LogP contribution in [0.5, 0.6) is 0 Å². The number of nitrogens with zero attached hydrogens (tertiary/aromatic N) is 3. The van der Waals surface area contributed by atoms with Crippen molar-refractivity contribution in [2.75, 3.05) is 6.54 Å². The van der Waals surface area contributed by atoms with Crippen molar-refractivity contribution in [2.45, 2.75) is 64.0 Å². The van der Waals surface area contributed by atoms with Crippen molar-refractivity contribution < 1.29 is 0 Å². The zero-order valence-electron chi connectivity index (χ0n) is 13.6. The molecule has 2 aromatic heterocycles. The third-order valence-corrected chi connectivity index (χ3v) is 6.31. The van der Waals surface area contributed by atoms with Crippen molar-refractivity contribution in [2.24, 2.45) is 5.92 Å². The molecule has 0 N–H and O–H groups in total. The Bertz CT molecular complexity index is 716. The molecule has 5 heteroatoms. The molecule has 3 heterocycles. The largest absolute Gasteiger partial charge is 0.295 e. The first-order valence-electron chi connectivity index (χ1n) is 8.99. The molecule has 4 nitrogen and oxygen atoms in total. The maximum absolute atomic E-state index is 12.1. The molecule has 1 aliphatic heterocycles. The summed E-state index contributed by atoms with van der Waals surface area (Å²) in [5.41, 5.74) is 0.988. The summed E-state index contributed by atoms with van der Waals surface area (Å²) in [5, 5.41) is 1.93. The highest BCUT2D eigenvalue weighted by molar-refractivity contribution is 7.15. The van der Waals surface area contributed by atoms with Gasteiger partial charge in [-0.2, -0.15) is 0 Å². The molecule has 124 valence electrons. The standard InChI is InChI=1S/C18H25N3OS/c22-17-12-15(19-18-21(17)9-10-23-18)13-20-8-4-7-16(20)11-14-5-2-1-3-6-14/h9-10,12,14,16H,1-8,11,13H2. The minimum absolute atomic E-state index is 0.0503. The van der Waals surface area contributed by atoms with Gasteiger partial charge in [0, 0.05) is 30.2 Å². The summed E-state index contributed by atoms with van der Waals surface area (Å²) in [6.45, 7) is 1.99. The van der Waals surface area contributed by atoms with Gasteiger partial charge >= 0.3 is 0 Å². The van der Waals surface area contributed by atoms with Crippen LogP contribution in [0.1, 0.15) is 57.1 Å². The van der Waals surface area contributed by atoms with Gasteiger partial charge in [-0.05, 0) is 31.7 Å². The molecule has 2 aromatic rings. The highest BCUT2D eigenvalue weighted by atomic mass is 32.1. The van der Waals surface area contributed by atoms with E-state index in [1.54, 1.807) is 16.7 Å². The van der Waals surface area contributed by atoms with Gasteiger partial charge in [-0.15, -0.1) is 11.3 Å². The molecule has 0 radical (unpaired) electrons. The third kappa shape index (κ3) is 3.36. The molecule has 1 saturated carbocycles. The smallest absolute Gasteiger partial charge is 0.258 e. The van der Waals surface area contributed by atoms with Crippen LogP contribution in [0, 0.1) is 5.92 Å². The Morgan fingerprint density at radius 3 is 2.91 bits per heavy atom. The van der Waals surface area contributed by atoms with Crippen molar-refractivity contribution in [1.82, 2.24) is 14.3 Å². The maximum Gasteiger partial charge on any atom is 0.258 e. The first-order valence-corrected chi connectivity index (χ1v) is 9.87. The van der Waals surface area contributed by atoms with E-state index in [1.807, 2.05) is 5.38 Å². The molecule has 0 amide bonds. The van der Waals surface area contributed by atoms with Crippen molar-refractivity contribution in [3.05, 3.63) is 33.7 Å². The van der Waals surface area contributed by atoms with Gasteiger partial charge < -0.3 is 0 Å². The predicted octanol–water partition coefficient (Wildman–Crippen LogP) is 3.69. The molecule has 1 atom stereocenters. The average Bonchev–Trinajstić information content (AvgIpc) is 3.19. The average molecular weight is 331 g/mol. The lowest BCUT2D eigenvalue weighted by Crippen LogP contribution is -2.32. The Balaban J connectivity index is 1.46. The van der Waals surface area contributed by atoms with Crippen molar-refractivity contribution in [3.63, 3.8) is 0 Å². The Hall–Kier alpha value is -1.20. The van der Waals surface area contributed by atoms with Crippen LogP contribution in [-0.4, -0.2) is 26.9 Å². The first-order chi connectivity index (χ1) is 11.3. The van der Waals surface area contributed by atoms with Gasteiger partial charge in [0.1, 0.15) is 0 Å². The lowest BCUT2D eigenvalue weighted by Gasteiger charge is -2.29. The van der Waals surface area contributed by atoms with Crippen molar-refractivity contribution in [1.29, 1.82) is 0 Å². The third-order valence-electron chi connectivity index (χ3n) is 5.55. The van der Waals surface area contributed by atoms with Gasteiger partial charge in [0.25, 0.3) is 5.56 Å². The van der Waals surface area contributed by atoms with E-state index in [0.29, 0.717) is 6.04 Å². The molecule has 1 aliphatic carbocycles. The van der Waals surface area contributed by atoms with Gasteiger partial charge in [-0.3, -0.25) is 14.1 Å². The number of thiazole rings is 1. The Kier molecular flexibility index (Phi) is 4.49. The van der Waals surface area contributed by atoms with Crippen LogP contribution >= 0.6 is 11.3 Å². The lowest BCUT2D eigenvalue weighted by atomic mass is 9.84. The number of aromatic nitrogens is 2. The Labute approximate surface area is 141 Å². The number of rotatable bonds is 4. The van der Waals surface area contributed by atoms with Gasteiger partial charge in [0.15, 0.2) is 4.96 Å². The van der Waals surface area contributed by atoms with Crippen LogP contribution in [0.25, 0.3) is 4.96 Å². The minimum atomic E-state index is 0.0503. The minimum Gasteiger partial charge on any atom is -0.295 e. The molecule has 0 aromatic carbocycles. The summed E-state index contributed by atoms with van der Waals surface area (Å²) in [7, 11) is 0. The molecule has 0 bridgehead atoms. The fourth-order valence-electron chi connectivity index (χ4n) is 4.35. The molecule has 0 spiro atoms. The molecule has 4 rings (SSSR count). The zero-order valence-corrected chi connectivity index (χ0v) is 14.4. The number of likely N-dealkylation sites (tertiary alicyclic amines) is 1. The molecular weight excluding hydrogens is 306 g/mol. The summed E-state index contributed by atoms with van der Waals surface area (Å²) in [5.74, 6) is 0.924. The van der Waals surface area contributed by atoms with E-state index in [-0.39, 0.29) is 5.56 Å². The summed E-state index contributed by atoms with van der Waals surface area (Å²) in [4.78, 5) is 20.2. The van der Waals surface area contributed by atoms with E-state index >= 15 is 0 Å². The summed E-state index contributed by atoms with van der Waals surface area (Å²) < 4.78 is 1.64. The maximum atomic E-state index is 12.1. The van der Waals surface area contributed by atoms with Gasteiger partial charge in [0.2, 0.25) is 0 Å². The van der Waals surface area contributed by atoms with Crippen molar-refractivity contribution in [3.8, 4) is 0 Å². The van der Waals surface area contributed by atoms with Gasteiger partial charge in [0.05, 0.1) is 5.69 Å². The van der Waals surface area contributed by atoms with E-state index < -0.39 is 0 Å². The second kappa shape index (κ2) is 6.73.